The highest BCUT2D eigenvalue weighted by molar-refractivity contribution is 6.14. The molecule has 0 aromatic rings. The molecule has 1 rings (SSSR count). The fourth-order valence-corrected chi connectivity index (χ4v) is 1.10. The molecular weight excluding hydrogens is 230 g/mol. The summed E-state index contributed by atoms with van der Waals surface area (Å²) in [6.45, 7) is -0.713. The molecular formula is C9H11N3O5. The second-order valence-corrected chi connectivity index (χ2v) is 3.34. The van der Waals surface area contributed by atoms with E-state index in [0.29, 0.717) is 0 Å². The van der Waals surface area contributed by atoms with Crippen molar-refractivity contribution in [2.45, 2.75) is 6.04 Å². The smallest absolute Gasteiger partial charge is 0.322 e. The molecule has 1 unspecified atom stereocenters. The van der Waals surface area contributed by atoms with E-state index in [1.807, 2.05) is 0 Å². The van der Waals surface area contributed by atoms with Crippen LogP contribution in [0.1, 0.15) is 0 Å². The number of rotatable bonds is 5. The summed E-state index contributed by atoms with van der Waals surface area (Å²) in [5, 5.41) is 10.7. The fourth-order valence-electron chi connectivity index (χ4n) is 1.10. The van der Waals surface area contributed by atoms with Gasteiger partial charge in [0.15, 0.2) is 0 Å². The molecule has 0 aromatic heterocycles. The molecule has 1 atom stereocenters. The lowest BCUT2D eigenvalue weighted by Gasteiger charge is -2.14. The van der Waals surface area contributed by atoms with Crippen molar-refractivity contribution in [3.63, 3.8) is 0 Å². The first kappa shape index (κ1) is 12.8. The monoisotopic (exact) mass is 241 g/mol. The number of aliphatic carboxylic acids is 1. The third-order valence-electron chi connectivity index (χ3n) is 2.04. The van der Waals surface area contributed by atoms with Crippen LogP contribution < -0.4 is 11.1 Å². The first-order valence-corrected chi connectivity index (χ1v) is 4.70. The molecule has 17 heavy (non-hydrogen) atoms. The van der Waals surface area contributed by atoms with E-state index in [4.69, 9.17) is 10.8 Å². The summed E-state index contributed by atoms with van der Waals surface area (Å²) < 4.78 is 0. The van der Waals surface area contributed by atoms with Gasteiger partial charge in [0.2, 0.25) is 5.91 Å². The molecule has 92 valence electrons. The number of nitrogens with two attached hydrogens (primary N) is 1. The Morgan fingerprint density at radius 3 is 2.35 bits per heavy atom. The van der Waals surface area contributed by atoms with Crippen LogP contribution in [-0.2, 0) is 19.2 Å². The Morgan fingerprint density at radius 1 is 1.35 bits per heavy atom. The average molecular weight is 241 g/mol. The molecule has 0 bridgehead atoms. The number of carbonyl (C=O) groups excluding carboxylic acids is 3. The first-order chi connectivity index (χ1) is 7.91. The van der Waals surface area contributed by atoms with Gasteiger partial charge in [-0.25, -0.2) is 0 Å². The van der Waals surface area contributed by atoms with Crippen molar-refractivity contribution in [1.82, 2.24) is 10.2 Å². The van der Waals surface area contributed by atoms with Crippen molar-refractivity contribution < 1.29 is 24.3 Å². The molecule has 0 aliphatic carbocycles. The molecule has 0 radical (unpaired) electrons. The summed E-state index contributed by atoms with van der Waals surface area (Å²) in [6.07, 6.45) is 2.11. The van der Waals surface area contributed by atoms with Crippen LogP contribution in [0, 0.1) is 0 Å². The number of hydrogen-bond acceptors (Lipinski definition) is 5. The second-order valence-electron chi connectivity index (χ2n) is 3.34. The van der Waals surface area contributed by atoms with Gasteiger partial charge in [-0.15, -0.1) is 0 Å². The number of carboxylic acids is 1. The summed E-state index contributed by atoms with van der Waals surface area (Å²) in [5.74, 6) is -3.05. The maximum absolute atomic E-state index is 11.3. The van der Waals surface area contributed by atoms with Crippen LogP contribution in [0.25, 0.3) is 0 Å². The summed E-state index contributed by atoms with van der Waals surface area (Å²) in [5.41, 5.74) is 5.15. The molecule has 3 amide bonds. The molecule has 0 saturated carbocycles. The average Bonchev–Trinajstić information content (AvgIpc) is 2.57. The quantitative estimate of drug-likeness (QED) is 0.454. The van der Waals surface area contributed by atoms with Gasteiger partial charge < -0.3 is 16.2 Å². The van der Waals surface area contributed by atoms with E-state index in [-0.39, 0.29) is 6.54 Å². The minimum absolute atomic E-state index is 0.266. The summed E-state index contributed by atoms with van der Waals surface area (Å²) in [4.78, 5) is 44.5. The van der Waals surface area contributed by atoms with E-state index in [1.165, 1.54) is 0 Å². The van der Waals surface area contributed by atoms with Crippen molar-refractivity contribution >= 4 is 23.7 Å². The Hall–Kier alpha value is -2.22. The van der Waals surface area contributed by atoms with Crippen LogP contribution in [0.5, 0.6) is 0 Å². The van der Waals surface area contributed by atoms with Gasteiger partial charge in [-0.1, -0.05) is 0 Å². The lowest BCUT2D eigenvalue weighted by Crippen LogP contribution is -2.46. The molecule has 0 aromatic carbocycles. The highest BCUT2D eigenvalue weighted by Gasteiger charge is 2.25. The maximum Gasteiger partial charge on any atom is 0.322 e. The van der Waals surface area contributed by atoms with Gasteiger partial charge in [0.1, 0.15) is 12.6 Å². The van der Waals surface area contributed by atoms with E-state index >= 15 is 0 Å². The predicted octanol–water partition coefficient (Wildman–Crippen LogP) is -2.56. The van der Waals surface area contributed by atoms with Crippen LogP contribution in [0.2, 0.25) is 0 Å². The van der Waals surface area contributed by atoms with Crippen molar-refractivity contribution in [3.8, 4) is 0 Å². The third kappa shape index (κ3) is 3.38. The van der Waals surface area contributed by atoms with Crippen LogP contribution in [0.3, 0.4) is 0 Å². The van der Waals surface area contributed by atoms with Gasteiger partial charge in [-0.05, 0) is 0 Å². The molecule has 8 heteroatoms. The van der Waals surface area contributed by atoms with Crippen LogP contribution >= 0.6 is 0 Å². The number of carboxylic acid groups (broad SMARTS) is 1. The van der Waals surface area contributed by atoms with Gasteiger partial charge >= 0.3 is 5.97 Å². The Labute approximate surface area is 96.1 Å². The topological polar surface area (TPSA) is 130 Å². The van der Waals surface area contributed by atoms with E-state index in [1.54, 1.807) is 0 Å². The lowest BCUT2D eigenvalue weighted by atomic mass is 10.3. The summed E-state index contributed by atoms with van der Waals surface area (Å²) in [6, 6.07) is -1.22. The van der Waals surface area contributed by atoms with E-state index in [9.17, 15) is 19.2 Å². The van der Waals surface area contributed by atoms with Crippen molar-refractivity contribution in [2.24, 2.45) is 5.73 Å². The zero-order valence-electron chi connectivity index (χ0n) is 8.75. The van der Waals surface area contributed by atoms with Crippen molar-refractivity contribution in [2.75, 3.05) is 13.1 Å². The van der Waals surface area contributed by atoms with E-state index in [0.717, 1.165) is 17.1 Å². The minimum Gasteiger partial charge on any atom is -0.480 e. The number of hydrogen-bond donors (Lipinski definition) is 3. The minimum atomic E-state index is -1.25. The van der Waals surface area contributed by atoms with E-state index in [2.05, 4.69) is 5.32 Å². The molecule has 0 saturated heterocycles. The number of imide groups is 1. The van der Waals surface area contributed by atoms with Gasteiger partial charge in [-0.2, -0.15) is 0 Å². The van der Waals surface area contributed by atoms with Gasteiger partial charge in [-0.3, -0.25) is 24.1 Å². The van der Waals surface area contributed by atoms with Crippen LogP contribution in [0.4, 0.5) is 0 Å². The second kappa shape index (κ2) is 5.21. The molecule has 0 fully saturated rings. The zero-order chi connectivity index (χ0) is 13.0. The number of nitrogens with one attached hydrogen (secondary N) is 1. The Kier molecular flexibility index (Phi) is 3.94. The summed E-state index contributed by atoms with van der Waals surface area (Å²) in [7, 11) is 0. The number of amides is 3. The normalized spacial score (nSPS) is 16.2. The predicted molar refractivity (Wildman–Crippen MR) is 54.5 cm³/mol. The molecule has 4 N–H and O–H groups in total. The molecule has 1 aliphatic rings. The summed E-state index contributed by atoms with van der Waals surface area (Å²) >= 11 is 0. The van der Waals surface area contributed by atoms with Crippen LogP contribution in [0.15, 0.2) is 12.2 Å². The van der Waals surface area contributed by atoms with Crippen molar-refractivity contribution in [3.05, 3.63) is 12.2 Å². The van der Waals surface area contributed by atoms with E-state index < -0.39 is 36.3 Å². The molecule has 8 nitrogen and oxygen atoms in total. The van der Waals surface area contributed by atoms with Crippen LogP contribution in [-0.4, -0.2) is 52.8 Å². The number of nitrogens with zero attached hydrogens (tertiary/aromatic N) is 1. The molecule has 0 spiro atoms. The largest absolute Gasteiger partial charge is 0.480 e. The van der Waals surface area contributed by atoms with Gasteiger partial charge in [0.25, 0.3) is 11.8 Å². The maximum atomic E-state index is 11.3. The standard InChI is InChI=1S/C9H11N3O5/c10-5(9(16)17)3-11-6(13)4-12-7(14)1-2-8(12)15/h1-2,5H,3-4,10H2,(H,11,13)(H,16,17). The lowest BCUT2D eigenvalue weighted by molar-refractivity contribution is -0.142. The SMILES string of the molecule is NC(CNC(=O)CN1C(=O)C=CC1=O)C(=O)O. The van der Waals surface area contributed by atoms with Gasteiger partial charge in [0.05, 0.1) is 0 Å². The Bertz CT molecular complexity index is 385. The highest BCUT2D eigenvalue weighted by Crippen LogP contribution is 2.02. The Morgan fingerprint density at radius 2 is 1.88 bits per heavy atom. The molecule has 1 heterocycles. The first-order valence-electron chi connectivity index (χ1n) is 4.70. The third-order valence-corrected chi connectivity index (χ3v) is 2.04. The fraction of sp³-hybridized carbons (Fsp3) is 0.333. The zero-order valence-corrected chi connectivity index (χ0v) is 8.75. The highest BCUT2D eigenvalue weighted by atomic mass is 16.4. The molecule has 1 aliphatic heterocycles. The number of carbonyl (C=O) groups is 4. The van der Waals surface area contributed by atoms with Gasteiger partial charge in [0, 0.05) is 18.7 Å². The van der Waals surface area contributed by atoms with Crippen molar-refractivity contribution in [1.29, 1.82) is 0 Å². The Balaban J connectivity index is 2.38.